The molecule has 0 unspecified atom stereocenters. The van der Waals surface area contributed by atoms with E-state index in [-0.39, 0.29) is 12.1 Å². The molecule has 2 aliphatic heterocycles. The first-order valence-electron chi connectivity index (χ1n) is 12.3. The van der Waals surface area contributed by atoms with Gasteiger partial charge in [-0.1, -0.05) is 32.0 Å². The first kappa shape index (κ1) is 25.2. The minimum Gasteiger partial charge on any atom is -0.336 e. The van der Waals surface area contributed by atoms with Crippen molar-refractivity contribution < 1.29 is 4.79 Å². The molecule has 1 aromatic carbocycles. The second kappa shape index (κ2) is 12.1. The van der Waals surface area contributed by atoms with E-state index >= 15 is 0 Å². The molecule has 0 radical (unpaired) electrons. The SMILES string of the molecule is CC(C)NC(=O)N(CCCN1[C@H]2CC[C@H]1CNC2)c1ccccc1.Cc1nc(C(C)C)n[nH]1. The van der Waals surface area contributed by atoms with Crippen LogP contribution >= 0.6 is 0 Å². The van der Waals surface area contributed by atoms with Crippen molar-refractivity contribution in [1.29, 1.82) is 0 Å². The van der Waals surface area contributed by atoms with Crippen LogP contribution in [0.25, 0.3) is 0 Å². The van der Waals surface area contributed by atoms with E-state index in [0.717, 1.165) is 49.9 Å². The zero-order chi connectivity index (χ0) is 23.8. The van der Waals surface area contributed by atoms with Crippen molar-refractivity contribution in [2.45, 2.75) is 77.9 Å². The summed E-state index contributed by atoms with van der Waals surface area (Å²) in [5, 5.41) is 13.3. The summed E-state index contributed by atoms with van der Waals surface area (Å²) in [5.41, 5.74) is 0.971. The Labute approximate surface area is 198 Å². The standard InChI is InChI=1S/C19H30N4O.C6H11N3/c1-15(2)21-19(24)23(16-7-4-3-5-8-16)12-6-11-22-17-9-10-18(22)14-20-13-17;1-4(2)6-7-5(3)8-9-6/h3-5,7-8,15,17-18,20H,6,9-14H2,1-2H3,(H,21,24);4H,1-3H3,(H,7,8,9)/t17-,18-;/m0./s1. The molecule has 2 saturated heterocycles. The second-order valence-corrected chi connectivity index (χ2v) is 9.66. The fraction of sp³-hybridized carbons (Fsp3) is 0.640. The van der Waals surface area contributed by atoms with E-state index in [0.29, 0.717) is 18.0 Å². The summed E-state index contributed by atoms with van der Waals surface area (Å²) in [6.07, 6.45) is 3.63. The molecule has 0 aliphatic carbocycles. The van der Waals surface area contributed by atoms with Gasteiger partial charge in [-0.15, -0.1) is 0 Å². The number of amides is 2. The lowest BCUT2D eigenvalue weighted by Crippen LogP contribution is -2.52. The van der Waals surface area contributed by atoms with Gasteiger partial charge in [-0.25, -0.2) is 9.78 Å². The summed E-state index contributed by atoms with van der Waals surface area (Å²) in [7, 11) is 0. The number of fused-ring (bicyclic) bond motifs is 2. The third-order valence-corrected chi connectivity index (χ3v) is 6.19. The normalized spacial score (nSPS) is 20.0. The lowest BCUT2D eigenvalue weighted by Gasteiger charge is -2.35. The Kier molecular flexibility index (Phi) is 9.26. The van der Waals surface area contributed by atoms with Crippen LogP contribution in [0.5, 0.6) is 0 Å². The Morgan fingerprint density at radius 1 is 1.15 bits per heavy atom. The Morgan fingerprint density at radius 2 is 1.82 bits per heavy atom. The average Bonchev–Trinajstić information content (AvgIpc) is 3.30. The van der Waals surface area contributed by atoms with Crippen molar-refractivity contribution in [3.8, 4) is 0 Å². The molecule has 182 valence electrons. The lowest BCUT2D eigenvalue weighted by atomic mass is 10.2. The van der Waals surface area contributed by atoms with E-state index in [2.05, 4.69) is 44.6 Å². The zero-order valence-electron chi connectivity index (χ0n) is 20.8. The Bertz CT molecular complexity index is 835. The van der Waals surface area contributed by atoms with E-state index in [1.807, 2.05) is 56.0 Å². The van der Waals surface area contributed by atoms with Gasteiger partial charge in [0.2, 0.25) is 0 Å². The molecular weight excluding hydrogens is 414 g/mol. The topological polar surface area (TPSA) is 89.2 Å². The number of rotatable bonds is 7. The zero-order valence-corrected chi connectivity index (χ0v) is 20.8. The smallest absolute Gasteiger partial charge is 0.322 e. The molecule has 2 amide bonds. The number of aromatic amines is 1. The van der Waals surface area contributed by atoms with Gasteiger partial charge in [0.25, 0.3) is 0 Å². The number of aryl methyl sites for hydroxylation is 1. The van der Waals surface area contributed by atoms with Crippen LogP contribution in [0.1, 0.15) is 64.5 Å². The van der Waals surface area contributed by atoms with E-state index in [1.54, 1.807) is 0 Å². The Hall–Kier alpha value is -2.45. The minimum atomic E-state index is -0.000479. The molecule has 2 bridgehead atoms. The van der Waals surface area contributed by atoms with E-state index in [9.17, 15) is 4.79 Å². The Morgan fingerprint density at radius 3 is 2.33 bits per heavy atom. The summed E-state index contributed by atoms with van der Waals surface area (Å²) in [4.78, 5) is 21.2. The summed E-state index contributed by atoms with van der Waals surface area (Å²) in [6, 6.07) is 11.5. The number of hydrogen-bond donors (Lipinski definition) is 3. The largest absolute Gasteiger partial charge is 0.336 e. The molecule has 8 heteroatoms. The van der Waals surface area contributed by atoms with Crippen LogP contribution in [0, 0.1) is 6.92 Å². The lowest BCUT2D eigenvalue weighted by molar-refractivity contribution is 0.152. The maximum Gasteiger partial charge on any atom is 0.322 e. The van der Waals surface area contributed by atoms with Gasteiger partial charge in [0.1, 0.15) is 5.82 Å². The molecule has 2 aliphatic rings. The van der Waals surface area contributed by atoms with Crippen molar-refractivity contribution in [2.75, 3.05) is 31.1 Å². The Balaban J connectivity index is 0.000000286. The van der Waals surface area contributed by atoms with Crippen LogP contribution in [0.4, 0.5) is 10.5 Å². The molecule has 2 atom stereocenters. The number of H-pyrrole nitrogens is 1. The molecule has 8 nitrogen and oxygen atoms in total. The van der Waals surface area contributed by atoms with Crippen molar-refractivity contribution >= 4 is 11.7 Å². The number of piperazine rings is 1. The summed E-state index contributed by atoms with van der Waals surface area (Å²) in [6.45, 7) is 14.1. The second-order valence-electron chi connectivity index (χ2n) is 9.66. The van der Waals surface area contributed by atoms with Crippen LogP contribution in [-0.4, -0.2) is 70.4 Å². The maximum atomic E-state index is 12.6. The fourth-order valence-electron chi connectivity index (χ4n) is 4.55. The van der Waals surface area contributed by atoms with Crippen molar-refractivity contribution in [3.63, 3.8) is 0 Å². The van der Waals surface area contributed by atoms with Crippen LogP contribution < -0.4 is 15.5 Å². The third-order valence-electron chi connectivity index (χ3n) is 6.19. The van der Waals surface area contributed by atoms with Gasteiger partial charge in [0.05, 0.1) is 0 Å². The quantitative estimate of drug-likeness (QED) is 0.593. The van der Waals surface area contributed by atoms with Crippen LogP contribution in [0.2, 0.25) is 0 Å². The number of carbonyl (C=O) groups is 1. The molecular formula is C25H41N7O. The molecule has 0 spiro atoms. The van der Waals surface area contributed by atoms with Crippen molar-refractivity contribution in [2.24, 2.45) is 0 Å². The number of nitrogens with one attached hydrogen (secondary N) is 3. The number of aromatic nitrogens is 3. The van der Waals surface area contributed by atoms with Gasteiger partial charge in [-0.05, 0) is 52.2 Å². The first-order valence-corrected chi connectivity index (χ1v) is 12.3. The molecule has 2 fully saturated rings. The molecule has 4 rings (SSSR count). The van der Waals surface area contributed by atoms with Gasteiger partial charge in [-0.2, -0.15) is 5.10 Å². The average molecular weight is 456 g/mol. The monoisotopic (exact) mass is 455 g/mol. The predicted molar refractivity (Wildman–Crippen MR) is 134 cm³/mol. The van der Waals surface area contributed by atoms with E-state index in [1.165, 1.54) is 12.8 Å². The first-order chi connectivity index (χ1) is 15.8. The van der Waals surface area contributed by atoms with Gasteiger partial charge in [-0.3, -0.25) is 14.9 Å². The number of para-hydroxylation sites is 1. The van der Waals surface area contributed by atoms with Crippen LogP contribution in [0.3, 0.4) is 0 Å². The highest BCUT2D eigenvalue weighted by Crippen LogP contribution is 2.26. The van der Waals surface area contributed by atoms with Crippen LogP contribution in [-0.2, 0) is 0 Å². The number of benzene rings is 1. The molecule has 0 saturated carbocycles. The third kappa shape index (κ3) is 7.27. The van der Waals surface area contributed by atoms with Crippen molar-refractivity contribution in [1.82, 2.24) is 30.7 Å². The molecule has 3 heterocycles. The van der Waals surface area contributed by atoms with Crippen molar-refractivity contribution in [3.05, 3.63) is 42.0 Å². The summed E-state index contributed by atoms with van der Waals surface area (Å²) >= 11 is 0. The molecule has 3 N–H and O–H groups in total. The highest BCUT2D eigenvalue weighted by atomic mass is 16.2. The fourth-order valence-corrected chi connectivity index (χ4v) is 4.55. The summed E-state index contributed by atoms with van der Waals surface area (Å²) < 4.78 is 0. The molecule has 2 aromatic rings. The van der Waals surface area contributed by atoms with Crippen LogP contribution in [0.15, 0.2) is 30.3 Å². The van der Waals surface area contributed by atoms with Gasteiger partial charge in [0, 0.05) is 55.9 Å². The predicted octanol–water partition coefficient (Wildman–Crippen LogP) is 3.67. The highest BCUT2D eigenvalue weighted by molar-refractivity contribution is 5.92. The number of carbonyl (C=O) groups excluding carboxylic acids is 1. The summed E-state index contributed by atoms with van der Waals surface area (Å²) in [5.74, 6) is 2.21. The molecule has 1 aromatic heterocycles. The molecule has 33 heavy (non-hydrogen) atoms. The van der Waals surface area contributed by atoms with Gasteiger partial charge < -0.3 is 10.6 Å². The van der Waals surface area contributed by atoms with Gasteiger partial charge >= 0.3 is 6.03 Å². The minimum absolute atomic E-state index is 0.000479. The number of anilines is 1. The maximum absolute atomic E-state index is 12.6. The highest BCUT2D eigenvalue weighted by Gasteiger charge is 2.35. The van der Waals surface area contributed by atoms with E-state index in [4.69, 9.17) is 0 Å². The number of urea groups is 1. The number of hydrogen-bond acceptors (Lipinski definition) is 5. The number of nitrogens with zero attached hydrogens (tertiary/aromatic N) is 4. The van der Waals surface area contributed by atoms with E-state index < -0.39 is 0 Å². The van der Waals surface area contributed by atoms with Gasteiger partial charge in [0.15, 0.2) is 5.82 Å².